The molecule has 2 fully saturated rings. The smallest absolute Gasteiger partial charge is 0.252 e. The van der Waals surface area contributed by atoms with Crippen molar-refractivity contribution in [3.8, 4) is 0 Å². The van der Waals surface area contributed by atoms with Crippen LogP contribution in [0.1, 0.15) is 38.1 Å². The molecule has 0 radical (unpaired) electrons. The van der Waals surface area contributed by atoms with Gasteiger partial charge in [-0.15, -0.1) is 0 Å². The minimum Gasteiger partial charge on any atom is -0.370 e. The van der Waals surface area contributed by atoms with Crippen LogP contribution in [-0.2, 0) is 0 Å². The molecule has 1 aliphatic carbocycles. The van der Waals surface area contributed by atoms with E-state index in [4.69, 9.17) is 4.98 Å². The Morgan fingerprint density at radius 1 is 0.967 bits per heavy atom. The topological polar surface area (TPSA) is 63.1 Å². The zero-order valence-corrected chi connectivity index (χ0v) is 17.9. The molecule has 1 aromatic carbocycles. The summed E-state index contributed by atoms with van der Waals surface area (Å²) in [6.07, 6.45) is 7.50. The van der Waals surface area contributed by atoms with Gasteiger partial charge in [0, 0.05) is 59.7 Å². The summed E-state index contributed by atoms with van der Waals surface area (Å²) in [4.78, 5) is 24.3. The third-order valence-electron chi connectivity index (χ3n) is 6.11. The molecule has 156 valence electrons. The number of pyridine rings is 1. The van der Waals surface area contributed by atoms with Crippen LogP contribution in [0.3, 0.4) is 0 Å². The van der Waals surface area contributed by atoms with Crippen molar-refractivity contribution in [1.82, 2.24) is 14.5 Å². The molecule has 1 N–H and O–H groups in total. The Hall–Kier alpha value is -2.54. The number of benzene rings is 1. The molecule has 0 spiro atoms. The number of thioether (sulfide) groups is 1. The van der Waals surface area contributed by atoms with Crippen LogP contribution in [0.25, 0.3) is 11.0 Å². The third kappa shape index (κ3) is 4.03. The highest BCUT2D eigenvalue weighted by Gasteiger charge is 2.19. The first-order valence-electron chi connectivity index (χ1n) is 10.9. The van der Waals surface area contributed by atoms with Crippen LogP contribution in [-0.4, -0.2) is 39.1 Å². The lowest BCUT2D eigenvalue weighted by Crippen LogP contribution is -2.32. The van der Waals surface area contributed by atoms with Crippen LogP contribution in [0.2, 0.25) is 0 Å². The van der Waals surface area contributed by atoms with Crippen molar-refractivity contribution in [2.45, 2.75) is 38.1 Å². The fourth-order valence-electron chi connectivity index (χ4n) is 4.50. The van der Waals surface area contributed by atoms with Gasteiger partial charge in [-0.25, -0.2) is 4.98 Å². The normalized spacial score (nSPS) is 17.9. The molecule has 1 saturated heterocycles. The molecule has 1 aliphatic heterocycles. The van der Waals surface area contributed by atoms with Crippen LogP contribution < -0.4 is 15.8 Å². The highest BCUT2D eigenvalue weighted by molar-refractivity contribution is 7.99. The summed E-state index contributed by atoms with van der Waals surface area (Å²) in [5, 5.41) is 4.22. The maximum atomic E-state index is 12.7. The summed E-state index contributed by atoms with van der Waals surface area (Å²) in [5.41, 5.74) is 2.97. The quantitative estimate of drug-likeness (QED) is 0.665. The number of rotatable bonds is 4. The molecule has 6 nitrogen and oxygen atoms in total. The van der Waals surface area contributed by atoms with E-state index in [0.29, 0.717) is 5.95 Å². The largest absolute Gasteiger partial charge is 0.370 e. The third-order valence-corrected chi connectivity index (χ3v) is 7.05. The Morgan fingerprint density at radius 3 is 2.50 bits per heavy atom. The van der Waals surface area contributed by atoms with Gasteiger partial charge in [-0.05, 0) is 43.2 Å². The molecule has 2 aliphatic rings. The Kier molecular flexibility index (Phi) is 5.62. The van der Waals surface area contributed by atoms with Gasteiger partial charge in [0.05, 0.1) is 0 Å². The van der Waals surface area contributed by atoms with Gasteiger partial charge in [0.15, 0.2) is 0 Å². The first-order chi connectivity index (χ1) is 14.8. The van der Waals surface area contributed by atoms with Crippen LogP contribution in [0.5, 0.6) is 0 Å². The number of nitrogens with zero attached hydrogens (tertiary/aromatic N) is 4. The maximum Gasteiger partial charge on any atom is 0.252 e. The Labute approximate surface area is 180 Å². The van der Waals surface area contributed by atoms with E-state index in [1.807, 2.05) is 28.6 Å². The summed E-state index contributed by atoms with van der Waals surface area (Å²) in [7, 11) is 0. The van der Waals surface area contributed by atoms with Gasteiger partial charge in [0.2, 0.25) is 5.95 Å². The van der Waals surface area contributed by atoms with Crippen molar-refractivity contribution in [1.29, 1.82) is 0 Å². The van der Waals surface area contributed by atoms with Crippen molar-refractivity contribution >= 4 is 40.1 Å². The van der Waals surface area contributed by atoms with Gasteiger partial charge < -0.3 is 10.2 Å². The molecule has 3 aromatic rings. The second-order valence-electron chi connectivity index (χ2n) is 8.08. The fourth-order valence-corrected chi connectivity index (χ4v) is 5.40. The number of hydrogen-bond acceptors (Lipinski definition) is 6. The van der Waals surface area contributed by atoms with Crippen LogP contribution in [0.15, 0.2) is 47.4 Å². The highest BCUT2D eigenvalue weighted by atomic mass is 32.2. The molecule has 5 rings (SSSR count). The molecule has 0 bridgehead atoms. The lowest BCUT2D eigenvalue weighted by atomic mass is 9.95. The number of anilines is 3. The molecule has 0 unspecified atom stereocenters. The first kappa shape index (κ1) is 19.4. The highest BCUT2D eigenvalue weighted by Crippen LogP contribution is 2.29. The molecular formula is C23H27N5OS. The number of nitrogens with one attached hydrogen (secondary N) is 1. The summed E-state index contributed by atoms with van der Waals surface area (Å²) < 4.78 is 1.89. The van der Waals surface area contributed by atoms with E-state index in [2.05, 4.69) is 39.5 Å². The van der Waals surface area contributed by atoms with Crippen molar-refractivity contribution in [3.05, 3.63) is 52.9 Å². The molecule has 0 amide bonds. The predicted molar refractivity (Wildman–Crippen MR) is 125 cm³/mol. The molecule has 3 heterocycles. The van der Waals surface area contributed by atoms with Crippen LogP contribution >= 0.6 is 11.8 Å². The van der Waals surface area contributed by atoms with E-state index in [9.17, 15) is 4.79 Å². The van der Waals surface area contributed by atoms with Crippen molar-refractivity contribution in [2.24, 2.45) is 0 Å². The standard InChI is InChI=1S/C23H27N5OS/c29-21-11-6-17-16-24-23(26-22(17)28(21)20-4-2-1-3-5-20)25-18-7-9-19(10-8-18)27-12-14-30-15-13-27/h6-11,16,20H,1-5,12-15H2,(H,24,25,26). The fraction of sp³-hybridized carbons (Fsp3) is 0.435. The molecule has 30 heavy (non-hydrogen) atoms. The van der Waals surface area contributed by atoms with E-state index >= 15 is 0 Å². The second-order valence-corrected chi connectivity index (χ2v) is 9.30. The monoisotopic (exact) mass is 421 g/mol. The molecule has 2 aromatic heterocycles. The Bertz CT molecular complexity index is 1070. The van der Waals surface area contributed by atoms with E-state index in [0.717, 1.165) is 42.7 Å². The molecule has 7 heteroatoms. The minimum absolute atomic E-state index is 0.0306. The summed E-state index contributed by atoms with van der Waals surface area (Å²) in [6, 6.07) is 12.2. The maximum absolute atomic E-state index is 12.7. The van der Waals surface area contributed by atoms with E-state index in [1.165, 1.54) is 36.5 Å². The Morgan fingerprint density at radius 2 is 1.73 bits per heavy atom. The van der Waals surface area contributed by atoms with Crippen molar-refractivity contribution in [2.75, 3.05) is 34.8 Å². The zero-order valence-electron chi connectivity index (χ0n) is 17.1. The van der Waals surface area contributed by atoms with Crippen molar-refractivity contribution < 1.29 is 0 Å². The zero-order chi connectivity index (χ0) is 20.3. The van der Waals surface area contributed by atoms with E-state index in [-0.39, 0.29) is 11.6 Å². The van der Waals surface area contributed by atoms with Gasteiger partial charge in [-0.3, -0.25) is 9.36 Å². The average molecular weight is 422 g/mol. The SMILES string of the molecule is O=c1ccc2cnc(Nc3ccc(N4CCSCC4)cc3)nc2n1C1CCCCC1. The lowest BCUT2D eigenvalue weighted by Gasteiger charge is -2.28. The van der Waals surface area contributed by atoms with Crippen LogP contribution in [0, 0.1) is 0 Å². The predicted octanol–water partition coefficient (Wildman–Crippen LogP) is 4.59. The summed E-state index contributed by atoms with van der Waals surface area (Å²) in [5.74, 6) is 2.90. The van der Waals surface area contributed by atoms with E-state index in [1.54, 1.807) is 6.07 Å². The van der Waals surface area contributed by atoms with Gasteiger partial charge in [-0.2, -0.15) is 16.7 Å². The van der Waals surface area contributed by atoms with Gasteiger partial charge in [0.25, 0.3) is 5.56 Å². The first-order valence-corrected chi connectivity index (χ1v) is 12.0. The minimum atomic E-state index is 0.0306. The lowest BCUT2D eigenvalue weighted by molar-refractivity contribution is 0.353. The molecular weight excluding hydrogens is 394 g/mol. The van der Waals surface area contributed by atoms with Crippen molar-refractivity contribution in [3.63, 3.8) is 0 Å². The summed E-state index contributed by atoms with van der Waals surface area (Å²) in [6.45, 7) is 2.20. The number of fused-ring (bicyclic) bond motifs is 1. The van der Waals surface area contributed by atoms with Gasteiger partial charge >= 0.3 is 0 Å². The Balaban J connectivity index is 1.41. The van der Waals surface area contributed by atoms with Crippen LogP contribution in [0.4, 0.5) is 17.3 Å². The van der Waals surface area contributed by atoms with E-state index < -0.39 is 0 Å². The summed E-state index contributed by atoms with van der Waals surface area (Å²) >= 11 is 2.02. The average Bonchev–Trinajstić information content (AvgIpc) is 2.80. The van der Waals surface area contributed by atoms with Gasteiger partial charge in [-0.1, -0.05) is 19.3 Å². The second kappa shape index (κ2) is 8.68. The number of aromatic nitrogens is 3. The van der Waals surface area contributed by atoms with Gasteiger partial charge in [0.1, 0.15) is 5.65 Å². The number of hydrogen-bond donors (Lipinski definition) is 1. The molecule has 1 saturated carbocycles. The molecule has 0 atom stereocenters.